The Morgan fingerprint density at radius 3 is 2.85 bits per heavy atom. The van der Waals surface area contributed by atoms with Crippen molar-refractivity contribution in [1.82, 2.24) is 9.88 Å². The van der Waals surface area contributed by atoms with Gasteiger partial charge in [-0.25, -0.2) is 0 Å². The molecule has 3 rings (SSSR count). The molecule has 2 unspecified atom stereocenters. The molecule has 0 spiro atoms. The van der Waals surface area contributed by atoms with E-state index < -0.39 is 0 Å². The maximum Gasteiger partial charge on any atom is 0.0481 e. The fourth-order valence-corrected chi connectivity index (χ4v) is 3.65. The summed E-state index contributed by atoms with van der Waals surface area (Å²) in [5, 5.41) is 5.08. The van der Waals surface area contributed by atoms with Gasteiger partial charge in [0.1, 0.15) is 0 Å². The van der Waals surface area contributed by atoms with Crippen LogP contribution in [0.25, 0.3) is 10.9 Å². The van der Waals surface area contributed by atoms with E-state index in [1.807, 2.05) is 0 Å². The molecule has 2 nitrogen and oxygen atoms in total. The maximum absolute atomic E-state index is 3.69. The first-order chi connectivity index (χ1) is 9.75. The first-order valence-electron chi connectivity index (χ1n) is 7.99. The zero-order chi connectivity index (χ0) is 13.9. The predicted octanol–water partition coefficient (Wildman–Crippen LogP) is 4.09. The summed E-state index contributed by atoms with van der Waals surface area (Å²) in [7, 11) is 2.13. The SMILES string of the molecule is CC1CCCCC1CNCc1cn(C)c2ccccc12. The zero-order valence-electron chi connectivity index (χ0n) is 12.7. The molecule has 0 saturated heterocycles. The molecule has 2 heteroatoms. The Balaban J connectivity index is 1.62. The second-order valence-corrected chi connectivity index (χ2v) is 6.44. The highest BCUT2D eigenvalue weighted by molar-refractivity contribution is 5.83. The Bertz CT molecular complexity index is 570. The minimum atomic E-state index is 0.874. The number of nitrogens with one attached hydrogen (secondary N) is 1. The van der Waals surface area contributed by atoms with Crippen LogP contribution in [0, 0.1) is 11.8 Å². The number of para-hydroxylation sites is 1. The lowest BCUT2D eigenvalue weighted by Crippen LogP contribution is -2.29. The molecule has 1 heterocycles. The highest BCUT2D eigenvalue weighted by Gasteiger charge is 2.20. The van der Waals surface area contributed by atoms with Gasteiger partial charge in [-0.05, 0) is 36.4 Å². The van der Waals surface area contributed by atoms with Crippen molar-refractivity contribution >= 4 is 10.9 Å². The predicted molar refractivity (Wildman–Crippen MR) is 85.7 cm³/mol. The second kappa shape index (κ2) is 6.01. The van der Waals surface area contributed by atoms with E-state index in [9.17, 15) is 0 Å². The molecular formula is C18H26N2. The van der Waals surface area contributed by atoms with Gasteiger partial charge in [-0.2, -0.15) is 0 Å². The third kappa shape index (κ3) is 2.76. The summed E-state index contributed by atoms with van der Waals surface area (Å²) in [5.41, 5.74) is 2.75. The van der Waals surface area contributed by atoms with Gasteiger partial charge < -0.3 is 9.88 Å². The van der Waals surface area contributed by atoms with Gasteiger partial charge in [0, 0.05) is 30.7 Å². The van der Waals surface area contributed by atoms with Crippen molar-refractivity contribution in [2.24, 2.45) is 18.9 Å². The number of aryl methyl sites for hydroxylation is 1. The summed E-state index contributed by atoms with van der Waals surface area (Å²) >= 11 is 0. The van der Waals surface area contributed by atoms with Crippen LogP contribution in [0.5, 0.6) is 0 Å². The van der Waals surface area contributed by atoms with Gasteiger partial charge in [-0.1, -0.05) is 44.4 Å². The van der Waals surface area contributed by atoms with Gasteiger partial charge in [0.15, 0.2) is 0 Å². The monoisotopic (exact) mass is 270 g/mol. The molecule has 0 amide bonds. The first kappa shape index (κ1) is 13.7. The highest BCUT2D eigenvalue weighted by Crippen LogP contribution is 2.29. The molecule has 1 aliphatic carbocycles. The third-order valence-electron chi connectivity index (χ3n) is 4.99. The lowest BCUT2D eigenvalue weighted by molar-refractivity contribution is 0.248. The number of benzene rings is 1. The van der Waals surface area contributed by atoms with Gasteiger partial charge in [-0.3, -0.25) is 0 Å². The third-order valence-corrected chi connectivity index (χ3v) is 4.99. The average molecular weight is 270 g/mol. The summed E-state index contributed by atoms with van der Waals surface area (Å²) < 4.78 is 2.23. The minimum absolute atomic E-state index is 0.874. The summed E-state index contributed by atoms with van der Waals surface area (Å²) in [5.74, 6) is 1.77. The molecule has 1 N–H and O–H groups in total. The number of rotatable bonds is 4. The highest BCUT2D eigenvalue weighted by atomic mass is 14.9. The molecule has 1 fully saturated rings. The molecule has 20 heavy (non-hydrogen) atoms. The molecule has 0 bridgehead atoms. The van der Waals surface area contributed by atoms with Crippen LogP contribution in [-0.4, -0.2) is 11.1 Å². The number of hydrogen-bond donors (Lipinski definition) is 1. The smallest absolute Gasteiger partial charge is 0.0481 e. The Labute approximate surface area is 122 Å². The Morgan fingerprint density at radius 1 is 1.20 bits per heavy atom. The summed E-state index contributed by atoms with van der Waals surface area (Å²) in [6, 6.07) is 8.68. The van der Waals surface area contributed by atoms with E-state index in [0.29, 0.717) is 0 Å². The molecule has 1 saturated carbocycles. The van der Waals surface area contributed by atoms with Crippen LogP contribution in [0.4, 0.5) is 0 Å². The van der Waals surface area contributed by atoms with Crippen molar-refractivity contribution in [3.05, 3.63) is 36.0 Å². The van der Waals surface area contributed by atoms with Crippen LogP contribution in [0.2, 0.25) is 0 Å². The van der Waals surface area contributed by atoms with Crippen LogP contribution in [0.15, 0.2) is 30.5 Å². The molecule has 0 radical (unpaired) electrons. The largest absolute Gasteiger partial charge is 0.350 e. The Morgan fingerprint density at radius 2 is 2.00 bits per heavy atom. The van der Waals surface area contributed by atoms with Gasteiger partial charge in [0.05, 0.1) is 0 Å². The van der Waals surface area contributed by atoms with Gasteiger partial charge in [0.2, 0.25) is 0 Å². The van der Waals surface area contributed by atoms with Crippen molar-refractivity contribution < 1.29 is 0 Å². The topological polar surface area (TPSA) is 17.0 Å². The second-order valence-electron chi connectivity index (χ2n) is 6.44. The number of aromatic nitrogens is 1. The average Bonchev–Trinajstić information content (AvgIpc) is 2.78. The number of nitrogens with zero attached hydrogens (tertiary/aromatic N) is 1. The molecule has 2 atom stereocenters. The van der Waals surface area contributed by atoms with E-state index in [4.69, 9.17) is 0 Å². The summed E-state index contributed by atoms with van der Waals surface area (Å²) in [4.78, 5) is 0. The van der Waals surface area contributed by atoms with Crippen molar-refractivity contribution in [2.75, 3.05) is 6.54 Å². The molecule has 108 valence electrons. The van der Waals surface area contributed by atoms with Crippen LogP contribution in [0.1, 0.15) is 38.2 Å². The molecular weight excluding hydrogens is 244 g/mol. The fraction of sp³-hybridized carbons (Fsp3) is 0.556. The molecule has 1 aromatic heterocycles. The van der Waals surface area contributed by atoms with Crippen LogP contribution < -0.4 is 5.32 Å². The number of fused-ring (bicyclic) bond motifs is 1. The van der Waals surface area contributed by atoms with Gasteiger partial charge in [0.25, 0.3) is 0 Å². The van der Waals surface area contributed by atoms with E-state index in [1.165, 1.54) is 48.7 Å². The Hall–Kier alpha value is -1.28. The van der Waals surface area contributed by atoms with Crippen molar-refractivity contribution in [3.8, 4) is 0 Å². The lowest BCUT2D eigenvalue weighted by atomic mass is 9.80. The van der Waals surface area contributed by atoms with E-state index in [0.717, 1.165) is 18.4 Å². The quantitative estimate of drug-likeness (QED) is 0.885. The summed E-state index contributed by atoms with van der Waals surface area (Å²) in [6.45, 7) is 4.58. The van der Waals surface area contributed by atoms with Crippen molar-refractivity contribution in [3.63, 3.8) is 0 Å². The Kier molecular flexibility index (Phi) is 4.11. The van der Waals surface area contributed by atoms with Gasteiger partial charge >= 0.3 is 0 Å². The fourth-order valence-electron chi connectivity index (χ4n) is 3.65. The van der Waals surface area contributed by atoms with E-state index in [2.05, 4.69) is 54.3 Å². The van der Waals surface area contributed by atoms with Crippen LogP contribution >= 0.6 is 0 Å². The van der Waals surface area contributed by atoms with Gasteiger partial charge in [-0.15, -0.1) is 0 Å². The van der Waals surface area contributed by atoms with Crippen molar-refractivity contribution in [2.45, 2.75) is 39.2 Å². The lowest BCUT2D eigenvalue weighted by Gasteiger charge is -2.28. The molecule has 1 aromatic carbocycles. The van der Waals surface area contributed by atoms with E-state index in [1.54, 1.807) is 0 Å². The standard InChI is InChI=1S/C18H26N2/c1-14-7-3-4-8-15(14)11-19-12-16-13-20(2)18-10-6-5-9-17(16)18/h5-6,9-10,13-15,19H,3-4,7-8,11-12H2,1-2H3. The zero-order valence-corrected chi connectivity index (χ0v) is 12.7. The maximum atomic E-state index is 3.69. The van der Waals surface area contributed by atoms with E-state index in [-0.39, 0.29) is 0 Å². The van der Waals surface area contributed by atoms with Crippen LogP contribution in [-0.2, 0) is 13.6 Å². The molecule has 1 aliphatic rings. The minimum Gasteiger partial charge on any atom is -0.350 e. The summed E-state index contributed by atoms with van der Waals surface area (Å²) in [6.07, 6.45) is 7.94. The van der Waals surface area contributed by atoms with Crippen LogP contribution in [0.3, 0.4) is 0 Å². The number of hydrogen-bond acceptors (Lipinski definition) is 1. The molecule has 0 aliphatic heterocycles. The van der Waals surface area contributed by atoms with Crippen molar-refractivity contribution in [1.29, 1.82) is 0 Å². The normalized spacial score (nSPS) is 23.3. The first-order valence-corrected chi connectivity index (χ1v) is 7.99. The molecule has 2 aromatic rings. The van der Waals surface area contributed by atoms with E-state index >= 15 is 0 Å².